The fourth-order valence-corrected chi connectivity index (χ4v) is 3.15. The number of hydrogen-bond acceptors (Lipinski definition) is 2. The molecule has 112 valence electrons. The molecule has 2 aromatic rings. The normalized spacial score (nSPS) is 19.1. The van der Waals surface area contributed by atoms with Crippen molar-refractivity contribution in [2.75, 3.05) is 13.1 Å². The molecule has 1 fully saturated rings. The summed E-state index contributed by atoms with van der Waals surface area (Å²) >= 11 is 0. The van der Waals surface area contributed by atoms with Crippen molar-refractivity contribution in [3.05, 3.63) is 47.8 Å². The van der Waals surface area contributed by atoms with Crippen LogP contribution < -0.4 is 5.32 Å². The van der Waals surface area contributed by atoms with Crippen LogP contribution in [0.1, 0.15) is 38.4 Å². The van der Waals surface area contributed by atoms with E-state index < -0.39 is 0 Å². The summed E-state index contributed by atoms with van der Waals surface area (Å²) < 4.78 is 2.14. The van der Waals surface area contributed by atoms with Crippen molar-refractivity contribution < 1.29 is 0 Å². The van der Waals surface area contributed by atoms with E-state index in [0.29, 0.717) is 0 Å². The number of aromatic nitrogens is 2. The van der Waals surface area contributed by atoms with Gasteiger partial charge in [-0.15, -0.1) is 0 Å². The lowest BCUT2D eigenvalue weighted by molar-refractivity contribution is 0.533. The molecule has 0 radical (unpaired) electrons. The van der Waals surface area contributed by atoms with Crippen LogP contribution in [0.3, 0.4) is 0 Å². The van der Waals surface area contributed by atoms with E-state index >= 15 is 0 Å². The van der Waals surface area contributed by atoms with Crippen molar-refractivity contribution in [2.24, 2.45) is 5.92 Å². The summed E-state index contributed by atoms with van der Waals surface area (Å²) in [4.78, 5) is 0. The molecule has 1 atom stereocenters. The van der Waals surface area contributed by atoms with Gasteiger partial charge < -0.3 is 5.32 Å². The van der Waals surface area contributed by atoms with Crippen LogP contribution in [0.2, 0.25) is 0 Å². The maximum Gasteiger partial charge on any atom is 0.0648 e. The van der Waals surface area contributed by atoms with Crippen molar-refractivity contribution in [1.82, 2.24) is 15.1 Å². The van der Waals surface area contributed by atoms with Crippen LogP contribution in [0.25, 0.3) is 5.69 Å². The lowest BCUT2D eigenvalue weighted by Gasteiger charge is -2.21. The van der Waals surface area contributed by atoms with Gasteiger partial charge in [0.1, 0.15) is 0 Å². The Morgan fingerprint density at radius 3 is 2.62 bits per heavy atom. The van der Waals surface area contributed by atoms with Gasteiger partial charge in [0.15, 0.2) is 0 Å². The van der Waals surface area contributed by atoms with Crippen LogP contribution in [0, 0.1) is 5.92 Å². The quantitative estimate of drug-likeness (QED) is 0.936. The molecule has 0 aliphatic carbocycles. The van der Waals surface area contributed by atoms with Gasteiger partial charge in [0.2, 0.25) is 0 Å². The van der Waals surface area contributed by atoms with Crippen molar-refractivity contribution in [3.8, 4) is 5.69 Å². The molecular weight excluding hydrogens is 258 g/mol. The van der Waals surface area contributed by atoms with Gasteiger partial charge in [-0.3, -0.25) is 0 Å². The van der Waals surface area contributed by atoms with Crippen LogP contribution in [0.4, 0.5) is 0 Å². The molecule has 0 bridgehead atoms. The predicted octanol–water partition coefficient (Wildman–Crippen LogP) is 3.32. The number of benzene rings is 1. The molecule has 1 aliphatic heterocycles. The van der Waals surface area contributed by atoms with Gasteiger partial charge in [-0.1, -0.05) is 39.0 Å². The second-order valence-corrected chi connectivity index (χ2v) is 7.07. The highest BCUT2D eigenvalue weighted by Crippen LogP contribution is 2.30. The van der Waals surface area contributed by atoms with Gasteiger partial charge in [-0.25, -0.2) is 4.68 Å². The molecule has 1 unspecified atom stereocenters. The second-order valence-electron chi connectivity index (χ2n) is 7.07. The largest absolute Gasteiger partial charge is 0.316 e. The first-order chi connectivity index (χ1) is 10.1. The summed E-state index contributed by atoms with van der Waals surface area (Å²) in [5.74, 6) is 0.727. The van der Waals surface area contributed by atoms with E-state index in [1.54, 1.807) is 0 Å². The summed E-state index contributed by atoms with van der Waals surface area (Å²) in [6.07, 6.45) is 4.43. The summed E-state index contributed by atoms with van der Waals surface area (Å²) in [5.41, 5.74) is 4.05. The number of hydrogen-bond donors (Lipinski definition) is 1. The van der Waals surface area contributed by atoms with Crippen molar-refractivity contribution in [2.45, 2.75) is 39.0 Å². The molecule has 3 heteroatoms. The highest BCUT2D eigenvalue weighted by atomic mass is 15.3. The molecule has 1 aromatic carbocycles. The van der Waals surface area contributed by atoms with E-state index in [1.165, 1.54) is 17.7 Å². The number of para-hydroxylation sites is 1. The van der Waals surface area contributed by atoms with E-state index in [-0.39, 0.29) is 5.41 Å². The van der Waals surface area contributed by atoms with E-state index in [9.17, 15) is 0 Å². The Hall–Kier alpha value is -1.61. The van der Waals surface area contributed by atoms with Crippen LogP contribution in [-0.4, -0.2) is 22.9 Å². The van der Waals surface area contributed by atoms with E-state index in [2.05, 4.69) is 67.3 Å². The minimum atomic E-state index is 0.133. The van der Waals surface area contributed by atoms with Gasteiger partial charge in [-0.2, -0.15) is 5.10 Å². The highest BCUT2D eigenvalue weighted by molar-refractivity contribution is 5.37. The van der Waals surface area contributed by atoms with Gasteiger partial charge in [-0.05, 0) is 55.0 Å². The fraction of sp³-hybridized carbons (Fsp3) is 0.500. The smallest absolute Gasteiger partial charge is 0.0648 e. The molecule has 1 aliphatic rings. The van der Waals surface area contributed by atoms with Crippen LogP contribution in [0.5, 0.6) is 0 Å². The zero-order valence-corrected chi connectivity index (χ0v) is 13.3. The molecule has 1 aromatic heterocycles. The third-order valence-corrected chi connectivity index (χ3v) is 4.32. The molecule has 3 rings (SSSR count). The van der Waals surface area contributed by atoms with Crippen molar-refractivity contribution in [1.29, 1.82) is 0 Å². The Balaban J connectivity index is 2.01. The molecule has 1 N–H and O–H groups in total. The summed E-state index contributed by atoms with van der Waals surface area (Å²) in [5, 5.41) is 8.16. The zero-order chi connectivity index (χ0) is 14.9. The number of nitrogens with one attached hydrogen (secondary N) is 1. The molecule has 2 heterocycles. The maximum atomic E-state index is 4.69. The number of nitrogens with zero attached hydrogens (tertiary/aromatic N) is 2. The predicted molar refractivity (Wildman–Crippen MR) is 86.9 cm³/mol. The van der Waals surface area contributed by atoms with Crippen molar-refractivity contribution >= 4 is 0 Å². The topological polar surface area (TPSA) is 29.9 Å². The first kappa shape index (κ1) is 14.3. The summed E-state index contributed by atoms with van der Waals surface area (Å²) in [6, 6.07) is 10.5. The Morgan fingerprint density at radius 1 is 1.24 bits per heavy atom. The van der Waals surface area contributed by atoms with Crippen LogP contribution >= 0.6 is 0 Å². The zero-order valence-electron chi connectivity index (χ0n) is 13.3. The van der Waals surface area contributed by atoms with E-state index in [0.717, 1.165) is 31.1 Å². The second kappa shape index (κ2) is 5.64. The van der Waals surface area contributed by atoms with E-state index in [1.807, 2.05) is 0 Å². The Bertz CT molecular complexity index is 587. The van der Waals surface area contributed by atoms with Gasteiger partial charge in [0, 0.05) is 5.69 Å². The molecule has 0 amide bonds. The highest BCUT2D eigenvalue weighted by Gasteiger charge is 2.26. The third kappa shape index (κ3) is 3.03. The van der Waals surface area contributed by atoms with E-state index in [4.69, 9.17) is 5.10 Å². The van der Waals surface area contributed by atoms with Crippen LogP contribution in [0.15, 0.2) is 36.5 Å². The Labute approximate surface area is 127 Å². The molecule has 0 saturated carbocycles. The Morgan fingerprint density at radius 2 is 2.00 bits per heavy atom. The SMILES string of the molecule is CC(C)(C)c1cnn(-c2ccccc2)c1CC1CCNC1. The first-order valence-electron chi connectivity index (χ1n) is 7.89. The molecule has 21 heavy (non-hydrogen) atoms. The lowest BCUT2D eigenvalue weighted by Crippen LogP contribution is -2.18. The first-order valence-corrected chi connectivity index (χ1v) is 7.89. The third-order valence-electron chi connectivity index (χ3n) is 4.32. The monoisotopic (exact) mass is 283 g/mol. The maximum absolute atomic E-state index is 4.69. The van der Waals surface area contributed by atoms with Gasteiger partial charge in [0.25, 0.3) is 0 Å². The lowest BCUT2D eigenvalue weighted by atomic mass is 9.85. The van der Waals surface area contributed by atoms with Gasteiger partial charge in [0.05, 0.1) is 11.9 Å². The van der Waals surface area contributed by atoms with Crippen molar-refractivity contribution in [3.63, 3.8) is 0 Å². The molecule has 1 saturated heterocycles. The average Bonchev–Trinajstić information content (AvgIpc) is 3.09. The minimum absolute atomic E-state index is 0.133. The molecule has 0 spiro atoms. The minimum Gasteiger partial charge on any atom is -0.316 e. The average molecular weight is 283 g/mol. The van der Waals surface area contributed by atoms with Crippen LogP contribution in [-0.2, 0) is 11.8 Å². The summed E-state index contributed by atoms with van der Waals surface area (Å²) in [7, 11) is 0. The molecular formula is C18H25N3. The standard InChI is InChI=1S/C18H25N3/c1-18(2,3)16-13-20-21(15-7-5-4-6-8-15)17(16)11-14-9-10-19-12-14/h4-8,13-14,19H,9-12H2,1-3H3. The Kier molecular flexibility index (Phi) is 3.85. The van der Waals surface area contributed by atoms with Gasteiger partial charge >= 0.3 is 0 Å². The summed E-state index contributed by atoms with van der Waals surface area (Å²) in [6.45, 7) is 9.10. The molecule has 3 nitrogen and oxygen atoms in total. The number of rotatable bonds is 3. The fourth-order valence-electron chi connectivity index (χ4n) is 3.15.